The van der Waals surface area contributed by atoms with Crippen molar-refractivity contribution < 1.29 is 9.53 Å². The molecule has 5 rings (SSSR count). The predicted molar refractivity (Wildman–Crippen MR) is 127 cm³/mol. The second-order valence-electron chi connectivity index (χ2n) is 9.19. The Morgan fingerprint density at radius 2 is 1.91 bits per heavy atom. The van der Waals surface area contributed by atoms with E-state index in [2.05, 4.69) is 55.8 Å². The number of piperidine rings is 1. The highest BCUT2D eigenvalue weighted by molar-refractivity contribution is 7.99. The van der Waals surface area contributed by atoms with Crippen LogP contribution in [0.1, 0.15) is 44.1 Å². The lowest BCUT2D eigenvalue weighted by Crippen LogP contribution is -2.50. The molecular formula is C24H33N5O2S. The van der Waals surface area contributed by atoms with E-state index < -0.39 is 0 Å². The van der Waals surface area contributed by atoms with Crippen molar-refractivity contribution in [2.75, 3.05) is 43.5 Å². The smallest absolute Gasteiger partial charge is 0.233 e. The Bertz CT molecular complexity index is 940. The zero-order valence-electron chi connectivity index (χ0n) is 18.9. The Labute approximate surface area is 194 Å². The zero-order chi connectivity index (χ0) is 21.9. The maximum Gasteiger partial charge on any atom is 0.233 e. The van der Waals surface area contributed by atoms with Gasteiger partial charge in [0.1, 0.15) is 0 Å². The van der Waals surface area contributed by atoms with Crippen molar-refractivity contribution in [1.29, 1.82) is 0 Å². The largest absolute Gasteiger partial charge is 0.378 e. The van der Waals surface area contributed by atoms with Gasteiger partial charge in [0.05, 0.1) is 24.7 Å². The second-order valence-corrected chi connectivity index (χ2v) is 10.1. The SMILES string of the molecule is Cc1cccc(-n2c(SCC(=O)N3CCC[C@@H]4CCCC[C@@H]43)nnc2N2CCOCC2)c1. The molecule has 0 radical (unpaired) electrons. The molecule has 1 saturated carbocycles. The molecule has 3 fully saturated rings. The zero-order valence-corrected chi connectivity index (χ0v) is 19.7. The van der Waals surface area contributed by atoms with Crippen LogP contribution in [-0.4, -0.2) is 70.2 Å². The first-order valence-corrected chi connectivity index (χ1v) is 13.0. The Kier molecular flexibility index (Phi) is 6.69. The summed E-state index contributed by atoms with van der Waals surface area (Å²) in [4.78, 5) is 17.7. The van der Waals surface area contributed by atoms with Crippen molar-refractivity contribution in [2.24, 2.45) is 5.92 Å². The number of aromatic nitrogens is 3. The number of morpholine rings is 1. The molecule has 2 atom stereocenters. The third-order valence-electron chi connectivity index (χ3n) is 7.06. The molecule has 8 heteroatoms. The highest BCUT2D eigenvalue weighted by atomic mass is 32.2. The molecule has 0 unspecified atom stereocenters. The summed E-state index contributed by atoms with van der Waals surface area (Å²) in [5, 5.41) is 9.84. The van der Waals surface area contributed by atoms with E-state index in [-0.39, 0.29) is 5.91 Å². The fourth-order valence-electron chi connectivity index (χ4n) is 5.46. The molecule has 0 N–H and O–H groups in total. The molecule has 1 aromatic carbocycles. The lowest BCUT2D eigenvalue weighted by atomic mass is 9.78. The van der Waals surface area contributed by atoms with Gasteiger partial charge < -0.3 is 14.5 Å². The van der Waals surface area contributed by atoms with E-state index in [1.807, 2.05) is 0 Å². The Morgan fingerprint density at radius 1 is 1.09 bits per heavy atom. The van der Waals surface area contributed by atoms with Crippen LogP contribution in [0.4, 0.5) is 5.95 Å². The summed E-state index contributed by atoms with van der Waals surface area (Å²) in [6.45, 7) is 5.98. The molecular weight excluding hydrogens is 422 g/mol. The predicted octanol–water partition coefficient (Wildman–Crippen LogP) is 3.69. The number of rotatable bonds is 5. The van der Waals surface area contributed by atoms with E-state index in [1.54, 1.807) is 0 Å². The Hall–Kier alpha value is -2.06. The normalized spacial score (nSPS) is 23.8. The molecule has 0 spiro atoms. The lowest BCUT2D eigenvalue weighted by Gasteiger charge is -2.44. The minimum absolute atomic E-state index is 0.248. The molecule has 0 bridgehead atoms. The first-order valence-electron chi connectivity index (χ1n) is 12.0. The minimum atomic E-state index is 0.248. The van der Waals surface area contributed by atoms with E-state index >= 15 is 0 Å². The molecule has 2 aliphatic heterocycles. The highest BCUT2D eigenvalue weighted by Gasteiger charge is 2.35. The topological polar surface area (TPSA) is 63.5 Å². The van der Waals surface area contributed by atoms with Crippen molar-refractivity contribution in [3.63, 3.8) is 0 Å². The van der Waals surface area contributed by atoms with Crippen LogP contribution in [0.25, 0.3) is 5.69 Å². The average molecular weight is 456 g/mol. The van der Waals surface area contributed by atoms with Gasteiger partial charge in [-0.3, -0.25) is 9.36 Å². The van der Waals surface area contributed by atoms with Crippen LogP contribution in [0.2, 0.25) is 0 Å². The van der Waals surface area contributed by atoms with Crippen molar-refractivity contribution in [2.45, 2.75) is 56.6 Å². The molecule has 32 heavy (non-hydrogen) atoms. The van der Waals surface area contributed by atoms with Crippen LogP contribution in [0.15, 0.2) is 29.4 Å². The van der Waals surface area contributed by atoms with Crippen molar-refractivity contribution >= 4 is 23.6 Å². The van der Waals surface area contributed by atoms with Crippen molar-refractivity contribution in [3.8, 4) is 5.69 Å². The van der Waals surface area contributed by atoms with Gasteiger partial charge in [-0.1, -0.05) is 36.7 Å². The van der Waals surface area contributed by atoms with Gasteiger partial charge in [0.15, 0.2) is 5.16 Å². The third-order valence-corrected chi connectivity index (χ3v) is 7.97. The first-order chi connectivity index (χ1) is 15.7. The number of ether oxygens (including phenoxy) is 1. The number of carbonyl (C=O) groups excluding carboxylic acids is 1. The van der Waals surface area contributed by atoms with E-state index in [0.717, 1.165) is 42.8 Å². The highest BCUT2D eigenvalue weighted by Crippen LogP contribution is 2.36. The summed E-state index contributed by atoms with van der Waals surface area (Å²) in [6.07, 6.45) is 7.45. The van der Waals surface area contributed by atoms with Gasteiger partial charge in [0.25, 0.3) is 0 Å². The summed E-state index contributed by atoms with van der Waals surface area (Å²) in [6, 6.07) is 8.84. The number of likely N-dealkylation sites (tertiary alicyclic amines) is 1. The lowest BCUT2D eigenvalue weighted by molar-refractivity contribution is -0.134. The summed E-state index contributed by atoms with van der Waals surface area (Å²) in [5.74, 6) is 2.20. The van der Waals surface area contributed by atoms with Crippen LogP contribution >= 0.6 is 11.8 Å². The number of hydrogen-bond donors (Lipinski definition) is 0. The summed E-state index contributed by atoms with van der Waals surface area (Å²) in [7, 11) is 0. The Balaban J connectivity index is 1.36. The summed E-state index contributed by atoms with van der Waals surface area (Å²) < 4.78 is 7.63. The number of hydrogen-bond acceptors (Lipinski definition) is 6. The van der Waals surface area contributed by atoms with Crippen LogP contribution in [0.5, 0.6) is 0 Å². The third kappa shape index (κ3) is 4.53. The minimum Gasteiger partial charge on any atom is -0.378 e. The first kappa shape index (κ1) is 21.8. The summed E-state index contributed by atoms with van der Waals surface area (Å²) in [5.41, 5.74) is 2.23. The van der Waals surface area contributed by atoms with E-state index in [0.29, 0.717) is 30.9 Å². The Morgan fingerprint density at radius 3 is 2.75 bits per heavy atom. The standard InChI is InChI=1S/C24H33N5O2S/c1-18-6-4-9-20(16-18)29-23(27-12-14-31-15-13-27)25-26-24(29)32-17-22(30)28-11-5-8-19-7-2-3-10-21(19)28/h4,6,9,16,19,21H,2-3,5,7-8,10-15,17H2,1H3/t19-,21-/m0/s1. The fraction of sp³-hybridized carbons (Fsp3) is 0.625. The van der Waals surface area contributed by atoms with Crippen molar-refractivity contribution in [3.05, 3.63) is 29.8 Å². The number of amides is 1. The molecule has 172 valence electrons. The van der Waals surface area contributed by atoms with E-state index in [1.165, 1.54) is 49.4 Å². The number of carbonyl (C=O) groups is 1. The number of thioether (sulfide) groups is 1. The van der Waals surface area contributed by atoms with Gasteiger partial charge >= 0.3 is 0 Å². The van der Waals surface area contributed by atoms with Gasteiger partial charge in [-0.2, -0.15) is 0 Å². The molecule has 1 aromatic heterocycles. The molecule has 3 heterocycles. The van der Waals surface area contributed by atoms with Crippen molar-refractivity contribution in [1.82, 2.24) is 19.7 Å². The van der Waals surface area contributed by atoms with Gasteiger partial charge in [0, 0.05) is 25.7 Å². The number of aryl methyl sites for hydroxylation is 1. The molecule has 2 aromatic rings. The monoisotopic (exact) mass is 455 g/mol. The van der Waals surface area contributed by atoms with Gasteiger partial charge in [-0.25, -0.2) is 0 Å². The van der Waals surface area contributed by atoms with Crippen LogP contribution in [0.3, 0.4) is 0 Å². The molecule has 1 aliphatic carbocycles. The molecule has 1 amide bonds. The fourth-order valence-corrected chi connectivity index (χ4v) is 6.29. The number of anilines is 1. The van der Waals surface area contributed by atoms with Gasteiger partial charge in [0.2, 0.25) is 11.9 Å². The quantitative estimate of drug-likeness (QED) is 0.641. The average Bonchev–Trinajstić information content (AvgIpc) is 3.27. The van der Waals surface area contributed by atoms with Crippen LogP contribution in [-0.2, 0) is 9.53 Å². The maximum absolute atomic E-state index is 13.3. The number of nitrogens with zero attached hydrogens (tertiary/aromatic N) is 5. The van der Waals surface area contributed by atoms with Gasteiger partial charge in [-0.15, -0.1) is 10.2 Å². The summed E-state index contributed by atoms with van der Waals surface area (Å²) >= 11 is 1.51. The van der Waals surface area contributed by atoms with E-state index in [9.17, 15) is 4.79 Å². The van der Waals surface area contributed by atoms with Crippen LogP contribution in [0, 0.1) is 12.8 Å². The molecule has 2 saturated heterocycles. The maximum atomic E-state index is 13.3. The number of benzene rings is 1. The van der Waals surface area contributed by atoms with E-state index in [4.69, 9.17) is 4.74 Å². The van der Waals surface area contributed by atoms with Crippen LogP contribution < -0.4 is 4.90 Å². The molecule has 7 nitrogen and oxygen atoms in total. The van der Waals surface area contributed by atoms with Gasteiger partial charge in [-0.05, 0) is 56.2 Å². The number of fused-ring (bicyclic) bond motifs is 1. The molecule has 3 aliphatic rings. The second kappa shape index (κ2) is 9.83.